The third-order valence-corrected chi connectivity index (χ3v) is 2.84. The predicted molar refractivity (Wildman–Crippen MR) is 61.0 cm³/mol. The van der Waals surface area contributed by atoms with E-state index in [0.717, 1.165) is 11.3 Å². The molecule has 2 amide bonds. The average molecular weight is 228 g/mol. The molecule has 0 aliphatic carbocycles. The maximum absolute atomic E-state index is 11.1. The van der Waals surface area contributed by atoms with E-state index in [1.807, 2.05) is 24.4 Å². The quantitative estimate of drug-likeness (QED) is 0.715. The zero-order chi connectivity index (χ0) is 11.1. The van der Waals surface area contributed by atoms with Crippen molar-refractivity contribution in [1.82, 2.24) is 10.6 Å². The van der Waals surface area contributed by atoms with Crippen molar-refractivity contribution >= 4 is 17.4 Å². The number of carbonyl (C=O) groups excluding carboxylic acids is 1. The molecule has 4 nitrogen and oxygen atoms in total. The largest absolute Gasteiger partial charge is 0.386 e. The number of urea groups is 1. The van der Waals surface area contributed by atoms with E-state index in [1.54, 1.807) is 0 Å². The van der Waals surface area contributed by atoms with E-state index in [-0.39, 0.29) is 12.6 Å². The van der Waals surface area contributed by atoms with Gasteiger partial charge in [0.25, 0.3) is 0 Å². The Kier molecular flexibility index (Phi) is 5.14. The molecule has 0 fully saturated rings. The Morgan fingerprint density at radius 1 is 1.60 bits per heavy atom. The molecule has 0 aliphatic rings. The first-order valence-electron chi connectivity index (χ1n) is 4.97. The first-order valence-corrected chi connectivity index (χ1v) is 5.85. The van der Waals surface area contributed by atoms with E-state index < -0.39 is 6.10 Å². The number of hydrogen-bond acceptors (Lipinski definition) is 3. The van der Waals surface area contributed by atoms with Gasteiger partial charge >= 0.3 is 6.03 Å². The highest BCUT2D eigenvalue weighted by Crippen LogP contribution is 2.17. The summed E-state index contributed by atoms with van der Waals surface area (Å²) in [6.07, 6.45) is 0.290. The summed E-state index contributed by atoms with van der Waals surface area (Å²) in [5.41, 5.74) is 0. The summed E-state index contributed by atoms with van der Waals surface area (Å²) in [6, 6.07) is 3.49. The molecule has 1 aromatic heterocycles. The van der Waals surface area contributed by atoms with Crippen molar-refractivity contribution in [2.45, 2.75) is 19.4 Å². The molecule has 1 aromatic rings. The van der Waals surface area contributed by atoms with Crippen molar-refractivity contribution in [1.29, 1.82) is 0 Å². The monoisotopic (exact) mass is 228 g/mol. The molecule has 0 aliphatic heterocycles. The summed E-state index contributed by atoms with van der Waals surface area (Å²) in [4.78, 5) is 12.0. The zero-order valence-electron chi connectivity index (χ0n) is 8.69. The third-order valence-electron chi connectivity index (χ3n) is 1.86. The van der Waals surface area contributed by atoms with Gasteiger partial charge in [-0.3, -0.25) is 0 Å². The van der Waals surface area contributed by atoms with Gasteiger partial charge in [-0.25, -0.2) is 4.79 Å². The third kappa shape index (κ3) is 4.31. The second-order valence-corrected chi connectivity index (χ2v) is 4.15. The highest BCUT2D eigenvalue weighted by atomic mass is 32.1. The molecule has 1 atom stereocenters. The Labute approximate surface area is 93.3 Å². The van der Waals surface area contributed by atoms with E-state index in [0.29, 0.717) is 6.54 Å². The summed E-state index contributed by atoms with van der Waals surface area (Å²) in [5, 5.41) is 16.8. The van der Waals surface area contributed by atoms with Gasteiger partial charge in [-0.2, -0.15) is 0 Å². The fraction of sp³-hybridized carbons (Fsp3) is 0.500. The maximum atomic E-state index is 11.1. The molecule has 3 N–H and O–H groups in total. The molecular formula is C10H16N2O2S. The van der Waals surface area contributed by atoms with Crippen LogP contribution < -0.4 is 10.6 Å². The molecule has 84 valence electrons. The minimum absolute atomic E-state index is 0.229. The van der Waals surface area contributed by atoms with Crippen molar-refractivity contribution in [3.63, 3.8) is 0 Å². The average Bonchev–Trinajstić information content (AvgIpc) is 2.76. The van der Waals surface area contributed by atoms with Crippen molar-refractivity contribution in [2.24, 2.45) is 0 Å². The van der Waals surface area contributed by atoms with E-state index >= 15 is 0 Å². The Bertz CT molecular complexity index is 288. The molecule has 0 bridgehead atoms. The number of aliphatic hydroxyl groups excluding tert-OH is 1. The van der Waals surface area contributed by atoms with Crippen molar-refractivity contribution < 1.29 is 9.90 Å². The molecule has 1 rings (SSSR count). The summed E-state index contributed by atoms with van der Waals surface area (Å²) in [6.45, 7) is 2.89. The van der Waals surface area contributed by atoms with Gasteiger partial charge in [-0.05, 0) is 17.9 Å². The Morgan fingerprint density at radius 2 is 2.40 bits per heavy atom. The van der Waals surface area contributed by atoms with E-state index in [4.69, 9.17) is 0 Å². The second-order valence-electron chi connectivity index (χ2n) is 3.17. The van der Waals surface area contributed by atoms with Gasteiger partial charge in [0.15, 0.2) is 0 Å². The van der Waals surface area contributed by atoms with Crippen LogP contribution in [0.15, 0.2) is 17.5 Å². The Balaban J connectivity index is 2.22. The first-order chi connectivity index (χ1) is 7.24. The van der Waals surface area contributed by atoms with Crippen LogP contribution in [0.4, 0.5) is 4.79 Å². The lowest BCUT2D eigenvalue weighted by atomic mass is 10.3. The van der Waals surface area contributed by atoms with Gasteiger partial charge in [0.2, 0.25) is 0 Å². The predicted octanol–water partition coefficient (Wildman–Crippen LogP) is 1.49. The van der Waals surface area contributed by atoms with Gasteiger partial charge in [-0.1, -0.05) is 13.0 Å². The Hall–Kier alpha value is -1.07. The highest BCUT2D eigenvalue weighted by molar-refractivity contribution is 7.10. The fourth-order valence-electron chi connectivity index (χ4n) is 1.07. The highest BCUT2D eigenvalue weighted by Gasteiger charge is 2.09. The smallest absolute Gasteiger partial charge is 0.314 e. The fourth-order valence-corrected chi connectivity index (χ4v) is 1.78. The van der Waals surface area contributed by atoms with Crippen LogP contribution in [0.1, 0.15) is 24.3 Å². The van der Waals surface area contributed by atoms with Gasteiger partial charge in [0.05, 0.1) is 6.54 Å². The van der Waals surface area contributed by atoms with Crippen molar-refractivity contribution in [3.8, 4) is 0 Å². The maximum Gasteiger partial charge on any atom is 0.314 e. The van der Waals surface area contributed by atoms with E-state index in [1.165, 1.54) is 11.3 Å². The Morgan fingerprint density at radius 3 is 3.00 bits per heavy atom. The molecule has 0 radical (unpaired) electrons. The van der Waals surface area contributed by atoms with Crippen LogP contribution in [0.2, 0.25) is 0 Å². The topological polar surface area (TPSA) is 61.4 Å². The summed E-state index contributed by atoms with van der Waals surface area (Å²) >= 11 is 1.48. The first kappa shape index (κ1) is 12.0. The van der Waals surface area contributed by atoms with Gasteiger partial charge < -0.3 is 15.7 Å². The van der Waals surface area contributed by atoms with Gasteiger partial charge in [0, 0.05) is 11.4 Å². The SMILES string of the molecule is CCCNC(=O)NCC(O)c1cccs1. The number of thiophene rings is 1. The molecule has 0 aromatic carbocycles. The summed E-state index contributed by atoms with van der Waals surface area (Å²) in [5.74, 6) is 0. The van der Waals surface area contributed by atoms with Crippen molar-refractivity contribution in [3.05, 3.63) is 22.4 Å². The van der Waals surface area contributed by atoms with Crippen LogP contribution in [0, 0.1) is 0 Å². The minimum Gasteiger partial charge on any atom is -0.386 e. The van der Waals surface area contributed by atoms with Crippen LogP contribution in [-0.2, 0) is 0 Å². The van der Waals surface area contributed by atoms with Crippen LogP contribution in [0.5, 0.6) is 0 Å². The number of hydrogen-bond donors (Lipinski definition) is 3. The van der Waals surface area contributed by atoms with Crippen LogP contribution >= 0.6 is 11.3 Å². The lowest BCUT2D eigenvalue weighted by Crippen LogP contribution is -2.37. The van der Waals surface area contributed by atoms with Gasteiger partial charge in [0.1, 0.15) is 6.10 Å². The van der Waals surface area contributed by atoms with Crippen LogP contribution in [0.3, 0.4) is 0 Å². The zero-order valence-corrected chi connectivity index (χ0v) is 9.51. The molecule has 1 unspecified atom stereocenters. The van der Waals surface area contributed by atoms with Crippen LogP contribution in [-0.4, -0.2) is 24.2 Å². The molecule has 5 heteroatoms. The summed E-state index contributed by atoms with van der Waals surface area (Å²) in [7, 11) is 0. The molecular weight excluding hydrogens is 212 g/mol. The normalized spacial score (nSPS) is 12.1. The lowest BCUT2D eigenvalue weighted by molar-refractivity contribution is 0.176. The number of rotatable bonds is 5. The van der Waals surface area contributed by atoms with Crippen LogP contribution in [0.25, 0.3) is 0 Å². The van der Waals surface area contributed by atoms with E-state index in [2.05, 4.69) is 10.6 Å². The molecule has 1 heterocycles. The molecule has 0 saturated carbocycles. The standard InChI is InChI=1S/C10H16N2O2S/c1-2-5-11-10(14)12-7-8(13)9-4-3-6-15-9/h3-4,6,8,13H,2,5,7H2,1H3,(H2,11,12,14). The summed E-state index contributed by atoms with van der Waals surface area (Å²) < 4.78 is 0. The van der Waals surface area contributed by atoms with E-state index in [9.17, 15) is 9.90 Å². The number of nitrogens with one attached hydrogen (secondary N) is 2. The lowest BCUT2D eigenvalue weighted by Gasteiger charge is -2.10. The molecule has 0 spiro atoms. The number of amides is 2. The number of carbonyl (C=O) groups is 1. The minimum atomic E-state index is -0.614. The molecule has 0 saturated heterocycles. The second kappa shape index (κ2) is 6.42. The molecule has 15 heavy (non-hydrogen) atoms. The van der Waals surface area contributed by atoms with Crippen molar-refractivity contribution in [2.75, 3.05) is 13.1 Å². The number of aliphatic hydroxyl groups is 1. The van der Waals surface area contributed by atoms with Gasteiger partial charge in [-0.15, -0.1) is 11.3 Å².